The van der Waals surface area contributed by atoms with Crippen LogP contribution in [0.5, 0.6) is 0 Å². The molecule has 0 fully saturated rings. The Labute approximate surface area is 172 Å². The van der Waals surface area contributed by atoms with Gasteiger partial charge in [0.2, 0.25) is 0 Å². The minimum absolute atomic E-state index is 0.183. The number of nitrogens with one attached hydrogen (secondary N) is 1. The molecule has 0 bridgehead atoms. The van der Waals surface area contributed by atoms with Gasteiger partial charge >= 0.3 is 0 Å². The molecule has 8 heteroatoms. The van der Waals surface area contributed by atoms with Gasteiger partial charge in [0.05, 0.1) is 23.0 Å². The molecule has 0 saturated carbocycles. The second-order valence-electron chi connectivity index (χ2n) is 6.50. The van der Waals surface area contributed by atoms with Crippen LogP contribution in [0.2, 0.25) is 0 Å². The van der Waals surface area contributed by atoms with Gasteiger partial charge in [0.25, 0.3) is 11.6 Å². The van der Waals surface area contributed by atoms with Crippen LogP contribution < -0.4 is 5.32 Å². The fraction of sp³-hybridized carbons (Fsp3) is 0.0455. The van der Waals surface area contributed by atoms with E-state index in [1.165, 1.54) is 29.2 Å². The van der Waals surface area contributed by atoms with Gasteiger partial charge in [-0.15, -0.1) is 0 Å². The van der Waals surface area contributed by atoms with Crippen LogP contribution in [-0.4, -0.2) is 25.4 Å². The van der Waals surface area contributed by atoms with Crippen LogP contribution in [-0.2, 0) is 0 Å². The van der Waals surface area contributed by atoms with Crippen molar-refractivity contribution in [3.63, 3.8) is 0 Å². The minimum Gasteiger partial charge on any atom is -0.340 e. The summed E-state index contributed by atoms with van der Waals surface area (Å²) in [5.41, 5.74) is 1.85. The number of amides is 1. The van der Waals surface area contributed by atoms with E-state index >= 15 is 0 Å². The van der Waals surface area contributed by atoms with Crippen LogP contribution in [0.1, 0.15) is 27.7 Å². The highest BCUT2D eigenvalue weighted by Gasteiger charge is 2.22. The number of pyridine rings is 1. The van der Waals surface area contributed by atoms with E-state index < -0.39 is 16.9 Å². The minimum atomic E-state index is -0.514. The number of rotatable bonds is 6. The van der Waals surface area contributed by atoms with Crippen LogP contribution in [0, 0.1) is 10.1 Å². The SMILES string of the molecule is O=C(NC(c1ccccc1)c1ccccn1)c1ccc(-n2ccnc2)c([N+](=O)[O-])c1. The number of carbonyl (C=O) groups is 1. The van der Waals surface area contributed by atoms with E-state index in [1.807, 2.05) is 42.5 Å². The highest BCUT2D eigenvalue weighted by Crippen LogP contribution is 2.25. The lowest BCUT2D eigenvalue weighted by molar-refractivity contribution is -0.384. The van der Waals surface area contributed by atoms with Crippen molar-refractivity contribution in [1.29, 1.82) is 0 Å². The molecule has 0 aliphatic carbocycles. The van der Waals surface area contributed by atoms with E-state index in [4.69, 9.17) is 0 Å². The largest absolute Gasteiger partial charge is 0.340 e. The van der Waals surface area contributed by atoms with Crippen molar-refractivity contribution in [1.82, 2.24) is 19.9 Å². The number of nitrogens with zero attached hydrogens (tertiary/aromatic N) is 4. The van der Waals surface area contributed by atoms with Gasteiger partial charge < -0.3 is 9.88 Å². The summed E-state index contributed by atoms with van der Waals surface area (Å²) in [5.74, 6) is -0.435. The van der Waals surface area contributed by atoms with Crippen molar-refractivity contribution in [2.24, 2.45) is 0 Å². The molecule has 1 atom stereocenters. The summed E-state index contributed by atoms with van der Waals surface area (Å²) in [4.78, 5) is 32.3. The van der Waals surface area contributed by atoms with E-state index in [9.17, 15) is 14.9 Å². The van der Waals surface area contributed by atoms with Gasteiger partial charge in [-0.1, -0.05) is 36.4 Å². The van der Waals surface area contributed by atoms with Gasteiger partial charge in [-0.2, -0.15) is 0 Å². The van der Waals surface area contributed by atoms with Gasteiger partial charge in [0.15, 0.2) is 0 Å². The van der Waals surface area contributed by atoms with Crippen LogP contribution in [0.4, 0.5) is 5.69 Å². The van der Waals surface area contributed by atoms with E-state index in [2.05, 4.69) is 15.3 Å². The summed E-state index contributed by atoms with van der Waals surface area (Å²) in [6.07, 6.45) is 6.26. The Balaban J connectivity index is 1.68. The standard InChI is InChI=1S/C22H17N5O3/c28-22(17-9-10-19(20(14-17)27(29)30)26-13-12-23-15-26)25-21(16-6-2-1-3-7-16)18-8-4-5-11-24-18/h1-15,21H,(H,25,28). The summed E-state index contributed by atoms with van der Waals surface area (Å²) in [6, 6.07) is 18.8. The fourth-order valence-corrected chi connectivity index (χ4v) is 3.17. The summed E-state index contributed by atoms with van der Waals surface area (Å²) in [6.45, 7) is 0. The number of benzene rings is 2. The first kappa shape index (κ1) is 19.0. The number of hydrogen-bond donors (Lipinski definition) is 1. The van der Waals surface area contributed by atoms with E-state index in [0.717, 1.165) is 5.56 Å². The fourth-order valence-electron chi connectivity index (χ4n) is 3.17. The second kappa shape index (κ2) is 8.36. The third kappa shape index (κ3) is 3.93. The van der Waals surface area contributed by atoms with Crippen molar-refractivity contribution in [3.05, 3.63) is 119 Å². The third-order valence-electron chi connectivity index (χ3n) is 4.61. The molecule has 0 spiro atoms. The normalized spacial score (nSPS) is 11.6. The predicted molar refractivity (Wildman–Crippen MR) is 110 cm³/mol. The molecule has 0 aliphatic rings. The summed E-state index contributed by atoms with van der Waals surface area (Å²) < 4.78 is 1.53. The maximum absolute atomic E-state index is 13.0. The Morgan fingerprint density at radius 1 is 1.03 bits per heavy atom. The van der Waals surface area contributed by atoms with E-state index in [0.29, 0.717) is 11.4 Å². The number of nitro benzene ring substituents is 1. The monoisotopic (exact) mass is 399 g/mol. The molecule has 2 aromatic heterocycles. The first-order chi connectivity index (χ1) is 14.6. The summed E-state index contributed by atoms with van der Waals surface area (Å²) >= 11 is 0. The van der Waals surface area contributed by atoms with Crippen LogP contribution in [0.25, 0.3) is 5.69 Å². The van der Waals surface area contributed by atoms with Crippen molar-refractivity contribution in [3.8, 4) is 5.69 Å². The lowest BCUT2D eigenvalue weighted by Crippen LogP contribution is -2.30. The number of imidazole rings is 1. The molecule has 148 valence electrons. The molecule has 1 N–H and O–H groups in total. The number of hydrogen-bond acceptors (Lipinski definition) is 5. The van der Waals surface area contributed by atoms with Crippen LogP contribution in [0.3, 0.4) is 0 Å². The van der Waals surface area contributed by atoms with Crippen molar-refractivity contribution < 1.29 is 9.72 Å². The summed E-state index contributed by atoms with van der Waals surface area (Å²) in [5, 5.41) is 14.5. The second-order valence-corrected chi connectivity index (χ2v) is 6.50. The average molecular weight is 399 g/mol. The zero-order valence-electron chi connectivity index (χ0n) is 15.8. The Morgan fingerprint density at radius 2 is 1.83 bits per heavy atom. The maximum atomic E-state index is 13.0. The molecule has 0 aliphatic heterocycles. The Bertz CT molecular complexity index is 1120. The Hall–Kier alpha value is -4.33. The predicted octanol–water partition coefficient (Wildman–Crippen LogP) is 3.69. The lowest BCUT2D eigenvalue weighted by Gasteiger charge is -2.19. The first-order valence-corrected chi connectivity index (χ1v) is 9.17. The molecule has 30 heavy (non-hydrogen) atoms. The van der Waals surface area contributed by atoms with Crippen molar-refractivity contribution in [2.75, 3.05) is 0 Å². The quantitative estimate of drug-likeness (QED) is 0.393. The molecule has 0 saturated heterocycles. The van der Waals surface area contributed by atoms with E-state index in [-0.39, 0.29) is 11.3 Å². The van der Waals surface area contributed by atoms with Gasteiger partial charge in [0, 0.05) is 30.2 Å². The number of nitro groups is 1. The molecule has 1 unspecified atom stereocenters. The maximum Gasteiger partial charge on any atom is 0.294 e. The Morgan fingerprint density at radius 3 is 2.50 bits per heavy atom. The molecule has 2 heterocycles. The molecule has 4 aromatic rings. The third-order valence-corrected chi connectivity index (χ3v) is 4.61. The van der Waals surface area contributed by atoms with E-state index in [1.54, 1.807) is 24.5 Å². The van der Waals surface area contributed by atoms with Gasteiger partial charge in [-0.05, 0) is 29.8 Å². The smallest absolute Gasteiger partial charge is 0.294 e. The molecular weight excluding hydrogens is 382 g/mol. The number of aromatic nitrogens is 3. The molecule has 8 nitrogen and oxygen atoms in total. The van der Waals surface area contributed by atoms with Gasteiger partial charge in [-0.25, -0.2) is 4.98 Å². The first-order valence-electron chi connectivity index (χ1n) is 9.17. The van der Waals surface area contributed by atoms with Crippen molar-refractivity contribution >= 4 is 11.6 Å². The van der Waals surface area contributed by atoms with Crippen LogP contribution in [0.15, 0.2) is 91.6 Å². The van der Waals surface area contributed by atoms with Gasteiger partial charge in [0.1, 0.15) is 5.69 Å². The number of carbonyl (C=O) groups excluding carboxylic acids is 1. The topological polar surface area (TPSA) is 103 Å². The molecule has 1 amide bonds. The molecule has 4 rings (SSSR count). The average Bonchev–Trinajstić information content (AvgIpc) is 3.33. The zero-order chi connectivity index (χ0) is 20.9. The van der Waals surface area contributed by atoms with Gasteiger partial charge in [-0.3, -0.25) is 19.9 Å². The lowest BCUT2D eigenvalue weighted by atomic mass is 10.0. The molecular formula is C22H17N5O3. The van der Waals surface area contributed by atoms with Crippen molar-refractivity contribution in [2.45, 2.75) is 6.04 Å². The highest BCUT2D eigenvalue weighted by molar-refractivity contribution is 5.95. The molecule has 0 radical (unpaired) electrons. The highest BCUT2D eigenvalue weighted by atomic mass is 16.6. The Kier molecular flexibility index (Phi) is 5.29. The molecule has 2 aromatic carbocycles. The zero-order valence-corrected chi connectivity index (χ0v) is 15.8. The van der Waals surface area contributed by atoms with Crippen LogP contribution >= 0.6 is 0 Å². The summed E-state index contributed by atoms with van der Waals surface area (Å²) in [7, 11) is 0.